The van der Waals surface area contributed by atoms with Crippen molar-refractivity contribution in [3.8, 4) is 11.3 Å². The Hall–Kier alpha value is -3.29. The molecule has 0 radical (unpaired) electrons. The number of hydrazone groups is 1. The summed E-state index contributed by atoms with van der Waals surface area (Å²) in [4.78, 5) is 19.1. The van der Waals surface area contributed by atoms with Crippen LogP contribution in [0.25, 0.3) is 11.3 Å². The molecule has 0 spiro atoms. The summed E-state index contributed by atoms with van der Waals surface area (Å²) in [6.07, 6.45) is 1.65. The van der Waals surface area contributed by atoms with Gasteiger partial charge in [0.2, 0.25) is 0 Å². The first-order valence-electron chi connectivity index (χ1n) is 9.36. The van der Waals surface area contributed by atoms with E-state index >= 15 is 0 Å². The molecular weight excluding hydrogens is 412 g/mol. The summed E-state index contributed by atoms with van der Waals surface area (Å²) in [6.45, 7) is 4.10. The van der Waals surface area contributed by atoms with Crippen molar-refractivity contribution in [2.75, 3.05) is 5.32 Å². The lowest BCUT2D eigenvalue weighted by molar-refractivity contribution is 0.0955. The predicted molar refractivity (Wildman–Crippen MR) is 126 cm³/mol. The van der Waals surface area contributed by atoms with Crippen molar-refractivity contribution in [3.05, 3.63) is 86.9 Å². The van der Waals surface area contributed by atoms with Gasteiger partial charge < -0.3 is 5.32 Å². The monoisotopic (exact) mass is 432 g/mol. The van der Waals surface area contributed by atoms with Crippen LogP contribution >= 0.6 is 22.7 Å². The van der Waals surface area contributed by atoms with Crippen molar-refractivity contribution in [3.63, 3.8) is 0 Å². The van der Waals surface area contributed by atoms with Crippen molar-refractivity contribution in [1.82, 2.24) is 10.4 Å². The zero-order valence-corrected chi connectivity index (χ0v) is 18.2. The highest BCUT2D eigenvalue weighted by molar-refractivity contribution is 7.14. The molecule has 4 rings (SSSR count). The maximum atomic E-state index is 12.3. The fraction of sp³-hybridized carbons (Fsp3) is 0.0870. The van der Waals surface area contributed by atoms with Crippen LogP contribution in [-0.4, -0.2) is 17.1 Å². The average Bonchev–Trinajstić information content (AvgIpc) is 3.39. The van der Waals surface area contributed by atoms with Gasteiger partial charge in [-0.2, -0.15) is 5.10 Å². The number of carbonyl (C=O) groups excluding carboxylic acids is 1. The molecule has 4 aromatic rings. The highest BCUT2D eigenvalue weighted by Crippen LogP contribution is 2.27. The first-order chi connectivity index (χ1) is 14.6. The molecular formula is C23H20N4OS2. The van der Waals surface area contributed by atoms with Crippen LogP contribution in [-0.2, 0) is 0 Å². The topological polar surface area (TPSA) is 66.4 Å². The van der Waals surface area contributed by atoms with E-state index in [2.05, 4.69) is 39.9 Å². The molecule has 150 valence electrons. The van der Waals surface area contributed by atoms with Crippen molar-refractivity contribution in [2.45, 2.75) is 13.8 Å². The number of rotatable bonds is 6. The smallest absolute Gasteiger partial charge is 0.271 e. The van der Waals surface area contributed by atoms with Gasteiger partial charge in [-0.3, -0.25) is 4.79 Å². The highest BCUT2D eigenvalue weighted by atomic mass is 32.1. The molecule has 0 bridgehead atoms. The highest BCUT2D eigenvalue weighted by Gasteiger charge is 2.08. The third-order valence-electron chi connectivity index (χ3n) is 4.37. The Labute approximate surface area is 183 Å². The molecule has 2 heterocycles. The van der Waals surface area contributed by atoms with Crippen molar-refractivity contribution >= 4 is 45.6 Å². The van der Waals surface area contributed by atoms with E-state index in [0.29, 0.717) is 5.56 Å². The average molecular weight is 433 g/mol. The number of carbonyl (C=O) groups is 1. The van der Waals surface area contributed by atoms with Gasteiger partial charge in [-0.25, -0.2) is 10.4 Å². The normalized spacial score (nSPS) is 11.0. The number of benzene rings is 2. The lowest BCUT2D eigenvalue weighted by Crippen LogP contribution is -2.17. The lowest BCUT2D eigenvalue weighted by Gasteiger charge is -2.03. The first kappa shape index (κ1) is 20.0. The van der Waals surface area contributed by atoms with Gasteiger partial charge in [0.1, 0.15) is 0 Å². The number of thiazole rings is 1. The number of thiophene rings is 1. The van der Waals surface area contributed by atoms with E-state index in [4.69, 9.17) is 0 Å². The molecule has 0 fully saturated rings. The quantitative estimate of drug-likeness (QED) is 0.290. The summed E-state index contributed by atoms with van der Waals surface area (Å²) >= 11 is 3.17. The molecule has 0 saturated carbocycles. The number of hydrogen-bond acceptors (Lipinski definition) is 6. The standard InChI is InChI=1S/C23H20N4OS2/c1-15-3-10-19(11-4-15)25-23-26-21(14-29-23)17-6-8-18(9-7-17)22(28)27-24-13-20-12-5-16(2)30-20/h3-14H,1-2H3,(H,25,26)(H,27,28)/b24-13-. The summed E-state index contributed by atoms with van der Waals surface area (Å²) in [5, 5.41) is 10.2. The fourth-order valence-electron chi connectivity index (χ4n) is 2.76. The van der Waals surface area contributed by atoms with Crippen LogP contribution in [0.3, 0.4) is 0 Å². The van der Waals surface area contributed by atoms with Crippen LogP contribution in [0.2, 0.25) is 0 Å². The van der Waals surface area contributed by atoms with Gasteiger partial charge in [-0.05, 0) is 50.2 Å². The van der Waals surface area contributed by atoms with Gasteiger partial charge in [0, 0.05) is 31.9 Å². The Morgan fingerprint density at radius 2 is 1.77 bits per heavy atom. The van der Waals surface area contributed by atoms with Crippen molar-refractivity contribution < 1.29 is 4.79 Å². The first-order valence-corrected chi connectivity index (χ1v) is 11.1. The van der Waals surface area contributed by atoms with E-state index in [0.717, 1.165) is 27.0 Å². The Morgan fingerprint density at radius 3 is 2.47 bits per heavy atom. The van der Waals surface area contributed by atoms with E-state index in [1.54, 1.807) is 41.0 Å². The largest absolute Gasteiger partial charge is 0.332 e. The Morgan fingerprint density at radius 1 is 1.00 bits per heavy atom. The zero-order chi connectivity index (χ0) is 20.9. The molecule has 0 saturated heterocycles. The lowest BCUT2D eigenvalue weighted by atomic mass is 10.1. The number of hydrogen-bond donors (Lipinski definition) is 2. The number of aryl methyl sites for hydroxylation is 2. The molecule has 5 nitrogen and oxygen atoms in total. The van der Waals surface area contributed by atoms with Crippen LogP contribution in [0.4, 0.5) is 10.8 Å². The minimum absolute atomic E-state index is 0.244. The van der Waals surface area contributed by atoms with Gasteiger partial charge in [0.25, 0.3) is 5.91 Å². The molecule has 2 aromatic carbocycles. The Kier molecular flexibility index (Phi) is 6.02. The maximum absolute atomic E-state index is 12.3. The molecule has 7 heteroatoms. The van der Waals surface area contributed by atoms with Crippen LogP contribution < -0.4 is 10.7 Å². The molecule has 1 amide bonds. The summed E-state index contributed by atoms with van der Waals surface area (Å²) in [5.41, 5.74) is 7.16. The third-order valence-corrected chi connectivity index (χ3v) is 6.06. The van der Waals surface area contributed by atoms with E-state index in [1.807, 2.05) is 48.7 Å². The van der Waals surface area contributed by atoms with Crippen LogP contribution in [0.15, 0.2) is 71.1 Å². The van der Waals surface area contributed by atoms with Crippen molar-refractivity contribution in [2.24, 2.45) is 5.10 Å². The number of aromatic nitrogens is 1. The molecule has 2 N–H and O–H groups in total. The second-order valence-electron chi connectivity index (χ2n) is 6.75. The Bertz CT molecular complexity index is 1170. The van der Waals surface area contributed by atoms with E-state index < -0.39 is 0 Å². The van der Waals surface area contributed by atoms with Crippen LogP contribution in [0, 0.1) is 13.8 Å². The van der Waals surface area contributed by atoms with Crippen molar-refractivity contribution in [1.29, 1.82) is 0 Å². The SMILES string of the molecule is Cc1ccc(Nc2nc(-c3ccc(C(=O)N/N=C\c4ccc(C)s4)cc3)cs2)cc1. The molecule has 0 aliphatic rings. The summed E-state index contributed by atoms with van der Waals surface area (Å²) in [7, 11) is 0. The summed E-state index contributed by atoms with van der Waals surface area (Å²) in [6, 6.07) is 19.5. The van der Waals surface area contributed by atoms with Gasteiger partial charge in [-0.1, -0.05) is 29.8 Å². The molecule has 30 heavy (non-hydrogen) atoms. The minimum atomic E-state index is -0.244. The third kappa shape index (κ3) is 5.00. The van der Waals surface area contributed by atoms with E-state index in [-0.39, 0.29) is 5.91 Å². The number of amides is 1. The van der Waals surface area contributed by atoms with Crippen LogP contribution in [0.5, 0.6) is 0 Å². The molecule has 0 aliphatic heterocycles. The number of nitrogens with zero attached hydrogens (tertiary/aromatic N) is 2. The van der Waals surface area contributed by atoms with Gasteiger partial charge >= 0.3 is 0 Å². The molecule has 0 unspecified atom stereocenters. The molecule has 2 aromatic heterocycles. The van der Waals surface area contributed by atoms with E-state index in [1.165, 1.54) is 10.4 Å². The molecule has 0 aliphatic carbocycles. The minimum Gasteiger partial charge on any atom is -0.332 e. The maximum Gasteiger partial charge on any atom is 0.271 e. The number of nitrogens with one attached hydrogen (secondary N) is 2. The van der Waals surface area contributed by atoms with E-state index in [9.17, 15) is 4.79 Å². The zero-order valence-electron chi connectivity index (χ0n) is 16.5. The molecule has 0 atom stereocenters. The van der Waals surface area contributed by atoms with Crippen LogP contribution in [0.1, 0.15) is 25.7 Å². The Balaban J connectivity index is 1.38. The second-order valence-corrected chi connectivity index (χ2v) is 8.93. The predicted octanol–water partition coefficient (Wildman–Crippen LogP) is 6.00. The second kappa shape index (κ2) is 9.02. The van der Waals surface area contributed by atoms with Gasteiger partial charge in [-0.15, -0.1) is 22.7 Å². The number of anilines is 2. The van der Waals surface area contributed by atoms with Gasteiger partial charge in [0.15, 0.2) is 5.13 Å². The summed E-state index contributed by atoms with van der Waals surface area (Å²) < 4.78 is 0. The summed E-state index contributed by atoms with van der Waals surface area (Å²) in [5.74, 6) is -0.244. The van der Waals surface area contributed by atoms with Gasteiger partial charge in [0.05, 0.1) is 11.9 Å². The fourth-order valence-corrected chi connectivity index (χ4v) is 4.25.